The Balaban J connectivity index is 1.62. The Morgan fingerprint density at radius 3 is 2.40 bits per heavy atom. The normalized spacial score (nSPS) is 14.1. The molecule has 1 heterocycles. The largest absolute Gasteiger partial charge is 0.255 e. The zero-order valence-electron chi connectivity index (χ0n) is 13.7. The number of aliphatic imine (C=N–C) groups is 1. The van der Waals surface area contributed by atoms with Gasteiger partial charge >= 0.3 is 0 Å². The minimum absolute atomic E-state index is 0.221. The third-order valence-corrected chi connectivity index (χ3v) is 5.32. The smallest absolute Gasteiger partial charge is 0.131 e. The molecular formula is C21H16FNOS. The van der Waals surface area contributed by atoms with Crippen molar-refractivity contribution in [3.8, 4) is 11.1 Å². The first kappa shape index (κ1) is 15.9. The average Bonchev–Trinajstić information content (AvgIpc) is 3.05. The van der Waals surface area contributed by atoms with Crippen LogP contribution in [0, 0.1) is 5.82 Å². The van der Waals surface area contributed by atoms with E-state index in [4.69, 9.17) is 0 Å². The van der Waals surface area contributed by atoms with Gasteiger partial charge in [-0.1, -0.05) is 42.5 Å². The summed E-state index contributed by atoms with van der Waals surface area (Å²) in [6.07, 6.45) is 2.40. The van der Waals surface area contributed by atoms with E-state index in [0.29, 0.717) is 5.56 Å². The van der Waals surface area contributed by atoms with Gasteiger partial charge < -0.3 is 0 Å². The quantitative estimate of drug-likeness (QED) is 0.661. The third kappa shape index (κ3) is 3.05. The van der Waals surface area contributed by atoms with Gasteiger partial charge in [0, 0.05) is 33.9 Å². The Bertz CT molecular complexity index is 1010. The Morgan fingerprint density at radius 2 is 1.68 bits per heavy atom. The van der Waals surface area contributed by atoms with Crippen molar-refractivity contribution < 1.29 is 8.60 Å². The summed E-state index contributed by atoms with van der Waals surface area (Å²) in [7, 11) is -0.990. The molecule has 0 N–H and O–H groups in total. The van der Waals surface area contributed by atoms with E-state index in [-0.39, 0.29) is 5.82 Å². The van der Waals surface area contributed by atoms with E-state index in [1.165, 1.54) is 6.07 Å². The van der Waals surface area contributed by atoms with Crippen molar-refractivity contribution in [3.63, 3.8) is 0 Å². The molecule has 0 fully saturated rings. The van der Waals surface area contributed by atoms with Gasteiger partial charge in [-0.15, -0.1) is 0 Å². The van der Waals surface area contributed by atoms with Gasteiger partial charge in [-0.2, -0.15) is 0 Å². The molecule has 1 aliphatic heterocycles. The van der Waals surface area contributed by atoms with Crippen molar-refractivity contribution in [1.82, 2.24) is 0 Å². The minimum Gasteiger partial charge on any atom is -0.255 e. The molecule has 0 aliphatic carbocycles. The molecule has 0 radical (unpaired) electrons. The van der Waals surface area contributed by atoms with Crippen LogP contribution in [0.5, 0.6) is 0 Å². The molecule has 1 atom stereocenters. The Hall–Kier alpha value is -2.59. The molecule has 4 heteroatoms. The number of fused-ring (bicyclic) bond motifs is 1. The number of hydrogen-bond acceptors (Lipinski definition) is 2. The molecule has 1 aliphatic rings. The van der Waals surface area contributed by atoms with E-state index in [0.717, 1.165) is 39.4 Å². The van der Waals surface area contributed by atoms with Crippen LogP contribution in [0.25, 0.3) is 11.1 Å². The van der Waals surface area contributed by atoms with Crippen LogP contribution in [-0.2, 0) is 17.2 Å². The molecule has 4 rings (SSSR count). The van der Waals surface area contributed by atoms with Gasteiger partial charge in [0.15, 0.2) is 0 Å². The topological polar surface area (TPSA) is 29.4 Å². The lowest BCUT2D eigenvalue weighted by Gasteiger charge is -2.05. The summed E-state index contributed by atoms with van der Waals surface area (Å²) in [5.41, 5.74) is 5.48. The lowest BCUT2D eigenvalue weighted by atomic mass is 10.00. The van der Waals surface area contributed by atoms with Gasteiger partial charge in [-0.3, -0.25) is 9.20 Å². The Kier molecular flexibility index (Phi) is 4.06. The van der Waals surface area contributed by atoms with E-state index in [9.17, 15) is 8.60 Å². The Morgan fingerprint density at radius 1 is 0.960 bits per heavy atom. The van der Waals surface area contributed by atoms with E-state index in [2.05, 4.69) is 4.99 Å². The zero-order valence-corrected chi connectivity index (χ0v) is 14.5. The van der Waals surface area contributed by atoms with Gasteiger partial charge in [0.1, 0.15) is 5.82 Å². The first-order valence-corrected chi connectivity index (χ1v) is 9.57. The van der Waals surface area contributed by atoms with Gasteiger partial charge in [0.25, 0.3) is 0 Å². The molecule has 0 spiro atoms. The molecule has 3 aromatic rings. The molecular weight excluding hydrogens is 333 g/mol. The summed E-state index contributed by atoms with van der Waals surface area (Å²) in [4.78, 5) is 5.51. The van der Waals surface area contributed by atoms with Crippen LogP contribution in [0.4, 0.5) is 10.1 Å². The predicted octanol–water partition coefficient (Wildman–Crippen LogP) is 4.91. The first-order valence-electron chi connectivity index (χ1n) is 8.01. The second-order valence-electron chi connectivity index (χ2n) is 6.04. The van der Waals surface area contributed by atoms with Gasteiger partial charge in [-0.25, -0.2) is 4.39 Å². The van der Waals surface area contributed by atoms with Crippen molar-refractivity contribution in [2.75, 3.05) is 6.26 Å². The highest BCUT2D eigenvalue weighted by Crippen LogP contribution is 2.31. The van der Waals surface area contributed by atoms with Crippen LogP contribution in [0.2, 0.25) is 0 Å². The Labute approximate surface area is 148 Å². The fourth-order valence-corrected chi connectivity index (χ4v) is 3.63. The van der Waals surface area contributed by atoms with Crippen LogP contribution < -0.4 is 0 Å². The maximum atomic E-state index is 13.9. The van der Waals surface area contributed by atoms with Crippen LogP contribution >= 0.6 is 0 Å². The predicted molar refractivity (Wildman–Crippen MR) is 101 cm³/mol. The maximum absolute atomic E-state index is 13.9. The monoisotopic (exact) mass is 349 g/mol. The first-order chi connectivity index (χ1) is 12.1. The van der Waals surface area contributed by atoms with E-state index in [1.807, 2.05) is 48.5 Å². The standard InChI is InChI=1S/C21H16FNOS/c1-25(24)17-10-11-20-16(12-17)13-21(23-20)15-8-6-14(7-9-15)18-4-2-3-5-19(18)22/h2-12H,13H2,1H3. The number of rotatable bonds is 3. The summed E-state index contributed by atoms with van der Waals surface area (Å²) in [6.45, 7) is 0. The van der Waals surface area contributed by atoms with E-state index >= 15 is 0 Å². The highest BCUT2D eigenvalue weighted by atomic mass is 32.2. The molecule has 0 bridgehead atoms. The van der Waals surface area contributed by atoms with Crippen molar-refractivity contribution >= 4 is 22.2 Å². The molecule has 2 nitrogen and oxygen atoms in total. The SMILES string of the molecule is CS(=O)c1ccc2c(c1)CC(c1ccc(-c3ccccc3F)cc1)=N2. The zero-order chi connectivity index (χ0) is 17.4. The molecule has 1 unspecified atom stereocenters. The molecule has 0 saturated carbocycles. The fourth-order valence-electron chi connectivity index (χ4n) is 3.06. The summed E-state index contributed by atoms with van der Waals surface area (Å²) < 4.78 is 25.5. The third-order valence-electron chi connectivity index (χ3n) is 4.40. The van der Waals surface area contributed by atoms with Crippen molar-refractivity contribution in [3.05, 3.63) is 83.7 Å². The highest BCUT2D eigenvalue weighted by Gasteiger charge is 2.17. The number of halogens is 1. The summed E-state index contributed by atoms with van der Waals surface area (Å²) in [5, 5.41) is 0. The number of benzene rings is 3. The highest BCUT2D eigenvalue weighted by molar-refractivity contribution is 7.84. The molecule has 3 aromatic carbocycles. The van der Waals surface area contributed by atoms with Crippen molar-refractivity contribution in [2.24, 2.45) is 4.99 Å². The summed E-state index contributed by atoms with van der Waals surface area (Å²) in [6, 6.07) is 20.3. The van der Waals surface area contributed by atoms with Gasteiger partial charge in [0.2, 0.25) is 0 Å². The lowest BCUT2D eigenvalue weighted by molar-refractivity contribution is 0.631. The fraction of sp³-hybridized carbons (Fsp3) is 0.0952. The number of nitrogens with zero attached hydrogens (tertiary/aromatic N) is 1. The summed E-state index contributed by atoms with van der Waals surface area (Å²) in [5.74, 6) is -0.221. The molecule has 25 heavy (non-hydrogen) atoms. The maximum Gasteiger partial charge on any atom is 0.131 e. The molecule has 0 amide bonds. The van der Waals surface area contributed by atoms with E-state index in [1.54, 1.807) is 18.4 Å². The van der Waals surface area contributed by atoms with Gasteiger partial charge in [0.05, 0.1) is 11.4 Å². The van der Waals surface area contributed by atoms with E-state index < -0.39 is 10.8 Å². The summed E-state index contributed by atoms with van der Waals surface area (Å²) >= 11 is 0. The van der Waals surface area contributed by atoms with Gasteiger partial charge in [-0.05, 0) is 41.0 Å². The van der Waals surface area contributed by atoms with Crippen LogP contribution in [-0.4, -0.2) is 16.2 Å². The lowest BCUT2D eigenvalue weighted by Crippen LogP contribution is -2.00. The second kappa shape index (κ2) is 6.37. The molecule has 0 aromatic heterocycles. The number of hydrogen-bond donors (Lipinski definition) is 0. The van der Waals surface area contributed by atoms with Crippen molar-refractivity contribution in [2.45, 2.75) is 11.3 Å². The van der Waals surface area contributed by atoms with Crippen LogP contribution in [0.15, 0.2) is 76.6 Å². The van der Waals surface area contributed by atoms with Crippen LogP contribution in [0.1, 0.15) is 11.1 Å². The van der Waals surface area contributed by atoms with Crippen molar-refractivity contribution in [1.29, 1.82) is 0 Å². The molecule has 0 saturated heterocycles. The second-order valence-corrected chi connectivity index (χ2v) is 7.42. The van der Waals surface area contributed by atoms with Crippen LogP contribution in [0.3, 0.4) is 0 Å². The minimum atomic E-state index is -0.990. The molecule has 124 valence electrons. The average molecular weight is 349 g/mol.